The third kappa shape index (κ3) is 4.91. The molecule has 1 heterocycles. The standard InChI is InChI=1S/C21H34N2O3S/c1-6-8-11-22(7-2)21(24)19-9-12-23(13-10-19)27(25,26)20-17(4)14-16(3)15-18(20)5/h14-15,19H,6-13H2,1-5H3. The molecule has 0 unspecified atom stereocenters. The highest BCUT2D eigenvalue weighted by atomic mass is 32.2. The minimum absolute atomic E-state index is 0.0616. The van der Waals surface area contributed by atoms with Gasteiger partial charge in [-0.2, -0.15) is 4.31 Å². The van der Waals surface area contributed by atoms with Gasteiger partial charge in [0.2, 0.25) is 15.9 Å². The predicted octanol–water partition coefficient (Wildman–Crippen LogP) is 3.66. The summed E-state index contributed by atoms with van der Waals surface area (Å²) in [6.45, 7) is 12.2. The van der Waals surface area contributed by atoms with Gasteiger partial charge in [0.15, 0.2) is 0 Å². The molecular formula is C21H34N2O3S. The van der Waals surface area contributed by atoms with Crippen LogP contribution >= 0.6 is 0 Å². The Balaban J connectivity index is 2.10. The second-order valence-electron chi connectivity index (χ2n) is 7.68. The van der Waals surface area contributed by atoms with Crippen molar-refractivity contribution in [3.8, 4) is 0 Å². The first-order chi connectivity index (χ1) is 12.7. The van der Waals surface area contributed by atoms with Gasteiger partial charge in [-0.25, -0.2) is 8.42 Å². The van der Waals surface area contributed by atoms with Gasteiger partial charge < -0.3 is 4.90 Å². The maximum atomic E-state index is 13.2. The van der Waals surface area contributed by atoms with Crippen molar-refractivity contribution >= 4 is 15.9 Å². The zero-order valence-corrected chi connectivity index (χ0v) is 18.2. The first kappa shape index (κ1) is 21.9. The second-order valence-corrected chi connectivity index (χ2v) is 9.55. The fourth-order valence-electron chi connectivity index (χ4n) is 4.08. The van der Waals surface area contributed by atoms with E-state index in [1.54, 1.807) is 4.31 Å². The highest BCUT2D eigenvalue weighted by Gasteiger charge is 2.34. The van der Waals surface area contributed by atoms with E-state index >= 15 is 0 Å². The Morgan fingerprint density at radius 1 is 1.11 bits per heavy atom. The summed E-state index contributed by atoms with van der Waals surface area (Å²) in [5, 5.41) is 0. The predicted molar refractivity (Wildman–Crippen MR) is 109 cm³/mol. The summed E-state index contributed by atoms with van der Waals surface area (Å²) in [7, 11) is -3.52. The molecular weight excluding hydrogens is 360 g/mol. The van der Waals surface area contributed by atoms with Crippen LogP contribution in [0.3, 0.4) is 0 Å². The van der Waals surface area contributed by atoms with Crippen LogP contribution in [-0.2, 0) is 14.8 Å². The van der Waals surface area contributed by atoms with Crippen LogP contribution in [-0.4, -0.2) is 49.7 Å². The van der Waals surface area contributed by atoms with Gasteiger partial charge in [-0.05, 0) is 58.1 Å². The zero-order chi connectivity index (χ0) is 20.2. The van der Waals surface area contributed by atoms with Crippen molar-refractivity contribution in [1.29, 1.82) is 0 Å². The molecule has 27 heavy (non-hydrogen) atoms. The molecule has 0 atom stereocenters. The molecule has 0 radical (unpaired) electrons. The molecule has 0 aliphatic carbocycles. The average Bonchev–Trinajstić information content (AvgIpc) is 2.61. The summed E-state index contributed by atoms with van der Waals surface area (Å²) < 4.78 is 27.9. The van der Waals surface area contributed by atoms with Gasteiger partial charge >= 0.3 is 0 Å². The Morgan fingerprint density at radius 3 is 2.15 bits per heavy atom. The number of hydrogen-bond donors (Lipinski definition) is 0. The monoisotopic (exact) mass is 394 g/mol. The number of rotatable bonds is 7. The summed E-state index contributed by atoms with van der Waals surface area (Å²) in [4.78, 5) is 15.1. The SMILES string of the molecule is CCCCN(CC)C(=O)C1CCN(S(=O)(=O)c2c(C)cc(C)cc2C)CC1. The van der Waals surface area contributed by atoms with E-state index in [1.165, 1.54) is 0 Å². The average molecular weight is 395 g/mol. The number of benzene rings is 1. The number of sulfonamides is 1. The number of amides is 1. The van der Waals surface area contributed by atoms with Crippen molar-refractivity contribution in [3.05, 3.63) is 28.8 Å². The van der Waals surface area contributed by atoms with Gasteiger partial charge in [0.1, 0.15) is 0 Å². The Kier molecular flexibility index (Phi) is 7.46. The van der Waals surface area contributed by atoms with Crippen LogP contribution in [0.25, 0.3) is 0 Å². The molecule has 1 fully saturated rings. The van der Waals surface area contributed by atoms with Crippen LogP contribution in [0.15, 0.2) is 17.0 Å². The Hall–Kier alpha value is -1.40. The van der Waals surface area contributed by atoms with Crippen molar-refractivity contribution < 1.29 is 13.2 Å². The number of carbonyl (C=O) groups is 1. The number of hydrogen-bond acceptors (Lipinski definition) is 3. The van der Waals surface area contributed by atoms with Crippen LogP contribution in [0.4, 0.5) is 0 Å². The highest BCUT2D eigenvalue weighted by molar-refractivity contribution is 7.89. The van der Waals surface area contributed by atoms with Crippen LogP contribution in [0.1, 0.15) is 56.2 Å². The van der Waals surface area contributed by atoms with E-state index in [0.717, 1.165) is 42.6 Å². The zero-order valence-electron chi connectivity index (χ0n) is 17.4. The first-order valence-electron chi connectivity index (χ1n) is 10.1. The lowest BCUT2D eigenvalue weighted by atomic mass is 9.96. The molecule has 152 valence electrons. The van der Waals surface area contributed by atoms with Gasteiger partial charge in [0.25, 0.3) is 0 Å². The fraction of sp³-hybridized carbons (Fsp3) is 0.667. The summed E-state index contributed by atoms with van der Waals surface area (Å²) >= 11 is 0. The molecule has 1 aliphatic heterocycles. The summed E-state index contributed by atoms with van der Waals surface area (Å²) in [5.41, 5.74) is 2.66. The minimum atomic E-state index is -3.52. The number of carbonyl (C=O) groups excluding carboxylic acids is 1. The van der Waals surface area contributed by atoms with Crippen LogP contribution in [0, 0.1) is 26.7 Å². The molecule has 1 amide bonds. The molecule has 1 aromatic rings. The Bertz CT molecular complexity index is 743. The lowest BCUT2D eigenvalue weighted by molar-refractivity contribution is -0.136. The molecule has 5 nitrogen and oxygen atoms in total. The van der Waals surface area contributed by atoms with E-state index in [1.807, 2.05) is 44.7 Å². The third-order valence-corrected chi connectivity index (χ3v) is 7.69. The maximum Gasteiger partial charge on any atom is 0.243 e. The second kappa shape index (κ2) is 9.20. The molecule has 0 spiro atoms. The van der Waals surface area contributed by atoms with E-state index in [4.69, 9.17) is 0 Å². The van der Waals surface area contributed by atoms with Crippen molar-refractivity contribution in [1.82, 2.24) is 9.21 Å². The molecule has 1 aliphatic rings. The van der Waals surface area contributed by atoms with Crippen molar-refractivity contribution in [2.24, 2.45) is 5.92 Å². The van der Waals surface area contributed by atoms with Crippen molar-refractivity contribution in [2.45, 2.75) is 65.2 Å². The molecule has 0 saturated carbocycles. The van der Waals surface area contributed by atoms with E-state index < -0.39 is 10.0 Å². The van der Waals surface area contributed by atoms with Crippen molar-refractivity contribution in [3.63, 3.8) is 0 Å². The number of piperidine rings is 1. The van der Waals surface area contributed by atoms with E-state index in [-0.39, 0.29) is 11.8 Å². The van der Waals surface area contributed by atoms with Crippen LogP contribution in [0.5, 0.6) is 0 Å². The van der Waals surface area contributed by atoms with Crippen molar-refractivity contribution in [2.75, 3.05) is 26.2 Å². The Morgan fingerprint density at radius 2 is 1.67 bits per heavy atom. The maximum absolute atomic E-state index is 13.2. The molecule has 1 aromatic carbocycles. The summed E-state index contributed by atoms with van der Waals surface area (Å²) in [5.74, 6) is 0.124. The lowest BCUT2D eigenvalue weighted by Gasteiger charge is -2.34. The highest BCUT2D eigenvalue weighted by Crippen LogP contribution is 2.29. The first-order valence-corrected chi connectivity index (χ1v) is 11.5. The Labute approximate surface area is 164 Å². The van der Waals surface area contributed by atoms with E-state index in [0.29, 0.717) is 30.8 Å². The molecule has 6 heteroatoms. The minimum Gasteiger partial charge on any atom is -0.343 e. The number of nitrogens with zero attached hydrogens (tertiary/aromatic N) is 2. The van der Waals surface area contributed by atoms with E-state index in [9.17, 15) is 13.2 Å². The van der Waals surface area contributed by atoms with Gasteiger partial charge in [0.05, 0.1) is 4.90 Å². The van der Waals surface area contributed by atoms with Crippen LogP contribution in [0.2, 0.25) is 0 Å². The van der Waals surface area contributed by atoms with Gasteiger partial charge in [0, 0.05) is 32.1 Å². The molecule has 0 bridgehead atoms. The summed E-state index contributed by atoms with van der Waals surface area (Å²) in [6.07, 6.45) is 3.28. The normalized spacial score (nSPS) is 16.5. The number of aryl methyl sites for hydroxylation is 3. The van der Waals surface area contributed by atoms with Gasteiger partial charge in [-0.15, -0.1) is 0 Å². The van der Waals surface area contributed by atoms with Gasteiger partial charge in [-0.1, -0.05) is 31.0 Å². The molecule has 0 aromatic heterocycles. The summed E-state index contributed by atoms with van der Waals surface area (Å²) in [6, 6.07) is 3.84. The van der Waals surface area contributed by atoms with E-state index in [2.05, 4.69) is 6.92 Å². The fourth-order valence-corrected chi connectivity index (χ4v) is 5.96. The van der Waals surface area contributed by atoms with Gasteiger partial charge in [-0.3, -0.25) is 4.79 Å². The largest absolute Gasteiger partial charge is 0.343 e. The molecule has 1 saturated heterocycles. The topological polar surface area (TPSA) is 57.7 Å². The third-order valence-electron chi connectivity index (χ3n) is 5.48. The molecule has 2 rings (SSSR count). The molecule has 0 N–H and O–H groups in total. The smallest absolute Gasteiger partial charge is 0.243 e. The lowest BCUT2D eigenvalue weighted by Crippen LogP contribution is -2.44. The van der Waals surface area contributed by atoms with Crippen LogP contribution < -0.4 is 0 Å². The quantitative estimate of drug-likeness (QED) is 0.709. The number of unbranched alkanes of at least 4 members (excludes halogenated alkanes) is 1.